The quantitative estimate of drug-likeness (QED) is 0.168. The molecule has 4 aliphatic rings. The Bertz CT molecular complexity index is 1770. The summed E-state index contributed by atoms with van der Waals surface area (Å²) in [7, 11) is 0. The highest BCUT2D eigenvalue weighted by Gasteiger charge is 2.48. The van der Waals surface area contributed by atoms with E-state index in [0.717, 1.165) is 86.5 Å². The molecule has 0 aromatic heterocycles. The first-order valence-electron chi connectivity index (χ1n) is 20.6. The first-order chi connectivity index (χ1) is 26.8. The number of piperidine rings is 2. The highest BCUT2D eigenvalue weighted by Crippen LogP contribution is 2.46. The topological polar surface area (TPSA) is 69.6 Å². The summed E-state index contributed by atoms with van der Waals surface area (Å²) >= 11 is 11.8. The van der Waals surface area contributed by atoms with E-state index in [-0.39, 0.29) is 12.8 Å². The number of amides is 1. The van der Waals surface area contributed by atoms with Crippen LogP contribution in [0.2, 0.25) is 10.0 Å². The maximum atomic E-state index is 13.5. The predicted molar refractivity (Wildman–Crippen MR) is 233 cm³/mol. The van der Waals surface area contributed by atoms with Crippen LogP contribution in [0.4, 0.5) is 0 Å². The third-order valence-electron chi connectivity index (χ3n) is 12.6. The van der Waals surface area contributed by atoms with Crippen LogP contribution in [0.15, 0.2) is 109 Å². The fraction of sp³-hybridized carbons (Fsp3) is 0.469. The Morgan fingerprint density at radius 3 is 1.57 bits per heavy atom. The average Bonchev–Trinajstić information content (AvgIpc) is 3.18. The molecule has 4 aromatic rings. The SMILES string of the molecule is C.O=C(N1CCCC(CCc2ccccc2)C1)C1(c2ccc(Cl)cc2)CCC1.O=C(O)C1(c2ccc(Cl)cc2)CCC1.c1ccc(CCC2CCCNC2)cc1. The van der Waals surface area contributed by atoms with Crippen LogP contribution in [-0.4, -0.2) is 48.1 Å². The number of carbonyl (C=O) groups excluding carboxylic acids is 1. The number of nitrogens with one attached hydrogen (secondary N) is 1. The number of halogens is 2. The van der Waals surface area contributed by atoms with Gasteiger partial charge in [0, 0.05) is 23.1 Å². The van der Waals surface area contributed by atoms with Crippen molar-refractivity contribution in [3.8, 4) is 0 Å². The molecule has 4 aromatic carbocycles. The van der Waals surface area contributed by atoms with Crippen molar-refractivity contribution in [2.24, 2.45) is 11.8 Å². The number of hydrogen-bond donors (Lipinski definition) is 2. The zero-order chi connectivity index (χ0) is 38.5. The van der Waals surface area contributed by atoms with E-state index in [0.29, 0.717) is 16.8 Å². The largest absolute Gasteiger partial charge is 0.481 e. The van der Waals surface area contributed by atoms with E-state index in [1.807, 2.05) is 24.3 Å². The zero-order valence-corrected chi connectivity index (χ0v) is 33.8. The van der Waals surface area contributed by atoms with Gasteiger partial charge < -0.3 is 15.3 Å². The van der Waals surface area contributed by atoms with Gasteiger partial charge in [0.15, 0.2) is 0 Å². The zero-order valence-electron chi connectivity index (χ0n) is 32.2. The van der Waals surface area contributed by atoms with Crippen molar-refractivity contribution in [2.75, 3.05) is 26.2 Å². The minimum atomic E-state index is -0.717. The van der Waals surface area contributed by atoms with Crippen LogP contribution in [0.1, 0.15) is 107 Å². The summed E-state index contributed by atoms with van der Waals surface area (Å²) in [6.45, 7) is 4.28. The molecule has 1 amide bonds. The van der Waals surface area contributed by atoms with Crippen molar-refractivity contribution in [1.82, 2.24) is 10.2 Å². The molecule has 2 N–H and O–H groups in total. The summed E-state index contributed by atoms with van der Waals surface area (Å²) in [5.74, 6) is 1.15. The molecule has 300 valence electrons. The second kappa shape index (κ2) is 21.2. The van der Waals surface area contributed by atoms with Crippen molar-refractivity contribution in [3.05, 3.63) is 141 Å². The summed E-state index contributed by atoms with van der Waals surface area (Å²) in [4.78, 5) is 26.8. The molecule has 5 nitrogen and oxygen atoms in total. The van der Waals surface area contributed by atoms with Gasteiger partial charge in [-0.2, -0.15) is 0 Å². The number of likely N-dealkylation sites (tertiary alicyclic amines) is 1. The predicted octanol–water partition coefficient (Wildman–Crippen LogP) is 11.7. The molecule has 4 fully saturated rings. The minimum Gasteiger partial charge on any atom is -0.481 e. The van der Waals surface area contributed by atoms with Crippen LogP contribution in [0.5, 0.6) is 0 Å². The van der Waals surface area contributed by atoms with Gasteiger partial charge in [-0.15, -0.1) is 0 Å². The van der Waals surface area contributed by atoms with Gasteiger partial charge in [-0.25, -0.2) is 0 Å². The van der Waals surface area contributed by atoms with Gasteiger partial charge >= 0.3 is 5.97 Å². The minimum absolute atomic E-state index is 0. The van der Waals surface area contributed by atoms with Gasteiger partial charge in [-0.3, -0.25) is 9.59 Å². The normalized spacial score (nSPS) is 20.6. The molecule has 2 heterocycles. The molecule has 2 aliphatic heterocycles. The maximum Gasteiger partial charge on any atom is 0.314 e. The van der Waals surface area contributed by atoms with E-state index in [4.69, 9.17) is 23.2 Å². The molecule has 2 saturated heterocycles. The summed E-state index contributed by atoms with van der Waals surface area (Å²) in [6.07, 6.45) is 15.6. The standard InChI is InChI=1S/C24H28ClNO.C13H19N.C11H11ClO2.CH4/c25-22-13-11-21(12-14-22)24(15-5-16-24)23(27)26-17-4-8-20(18-26)10-9-19-6-2-1-3-7-19;1-2-5-12(6-3-1)8-9-13-7-4-10-14-11-13;12-9-4-2-8(3-5-9)11(10(13)14)6-1-7-11;/h1-3,6-7,11-14,20H,4-5,8-10,15-18H2;1-3,5-6,13-14H,4,7-11H2;2-5H,1,6-7H2,(H,13,14);1H4. The van der Waals surface area contributed by atoms with E-state index >= 15 is 0 Å². The Kier molecular flexibility index (Phi) is 16.5. The van der Waals surface area contributed by atoms with Crippen molar-refractivity contribution in [1.29, 1.82) is 0 Å². The Morgan fingerprint density at radius 2 is 1.12 bits per heavy atom. The van der Waals surface area contributed by atoms with Crippen LogP contribution in [0.3, 0.4) is 0 Å². The molecule has 8 rings (SSSR count). The number of carboxylic acid groups (broad SMARTS) is 1. The molecule has 0 radical (unpaired) electrons. The van der Waals surface area contributed by atoms with E-state index in [2.05, 4.69) is 83.0 Å². The Balaban J connectivity index is 0.000000175. The number of carboxylic acids is 1. The molecule has 7 heteroatoms. The van der Waals surface area contributed by atoms with Crippen molar-refractivity contribution in [3.63, 3.8) is 0 Å². The molecular formula is C49H62Cl2N2O3. The molecule has 56 heavy (non-hydrogen) atoms. The van der Waals surface area contributed by atoms with Gasteiger partial charge in [0.2, 0.25) is 5.91 Å². The molecule has 2 aliphatic carbocycles. The molecule has 2 saturated carbocycles. The monoisotopic (exact) mass is 796 g/mol. The van der Waals surface area contributed by atoms with Crippen LogP contribution in [0.25, 0.3) is 0 Å². The lowest BCUT2D eigenvalue weighted by atomic mass is 9.63. The first-order valence-corrected chi connectivity index (χ1v) is 21.4. The Morgan fingerprint density at radius 1 is 0.643 bits per heavy atom. The summed E-state index contributed by atoms with van der Waals surface area (Å²) < 4.78 is 0. The van der Waals surface area contributed by atoms with Gasteiger partial charge in [0.05, 0.1) is 10.8 Å². The van der Waals surface area contributed by atoms with Crippen LogP contribution in [0, 0.1) is 11.8 Å². The van der Waals surface area contributed by atoms with Gasteiger partial charge in [-0.1, -0.05) is 128 Å². The Hall–Kier alpha value is -3.64. The van der Waals surface area contributed by atoms with Gasteiger partial charge in [0.25, 0.3) is 0 Å². The molecular weight excluding hydrogens is 735 g/mol. The number of hydrogen-bond acceptors (Lipinski definition) is 3. The molecule has 0 spiro atoms. The molecule has 0 bridgehead atoms. The van der Waals surface area contributed by atoms with E-state index < -0.39 is 11.4 Å². The highest BCUT2D eigenvalue weighted by molar-refractivity contribution is 6.30. The third kappa shape index (κ3) is 11.3. The van der Waals surface area contributed by atoms with Crippen molar-refractivity contribution >= 4 is 35.1 Å². The van der Waals surface area contributed by atoms with E-state index in [1.165, 1.54) is 62.7 Å². The number of nitrogens with zero attached hydrogens (tertiary/aromatic N) is 1. The molecule has 2 unspecified atom stereocenters. The lowest BCUT2D eigenvalue weighted by Gasteiger charge is -2.46. The van der Waals surface area contributed by atoms with Gasteiger partial charge in [0.1, 0.15) is 0 Å². The first kappa shape index (κ1) is 43.5. The fourth-order valence-corrected chi connectivity index (χ4v) is 9.09. The maximum absolute atomic E-state index is 13.5. The summed E-state index contributed by atoms with van der Waals surface area (Å²) in [5, 5.41) is 14.0. The summed E-state index contributed by atoms with van der Waals surface area (Å²) in [6, 6.07) is 36.6. The third-order valence-corrected chi connectivity index (χ3v) is 13.1. The van der Waals surface area contributed by atoms with E-state index in [9.17, 15) is 14.7 Å². The average molecular weight is 798 g/mol. The number of benzene rings is 4. The summed E-state index contributed by atoms with van der Waals surface area (Å²) in [5.41, 5.74) is 3.97. The van der Waals surface area contributed by atoms with Gasteiger partial charge in [-0.05, 0) is 148 Å². The number of rotatable bonds is 10. The second-order valence-electron chi connectivity index (χ2n) is 16.2. The number of carbonyl (C=O) groups is 2. The second-order valence-corrected chi connectivity index (χ2v) is 17.1. The Labute approximate surface area is 346 Å². The number of aryl methyl sites for hydroxylation is 2. The van der Waals surface area contributed by atoms with Crippen molar-refractivity contribution in [2.45, 2.75) is 108 Å². The van der Waals surface area contributed by atoms with Crippen LogP contribution in [-0.2, 0) is 33.3 Å². The van der Waals surface area contributed by atoms with Crippen molar-refractivity contribution < 1.29 is 14.7 Å². The van der Waals surface area contributed by atoms with E-state index in [1.54, 1.807) is 12.1 Å². The van der Waals surface area contributed by atoms with Crippen LogP contribution >= 0.6 is 23.2 Å². The number of aliphatic carboxylic acids is 1. The highest BCUT2D eigenvalue weighted by atomic mass is 35.5. The molecule has 2 atom stereocenters. The fourth-order valence-electron chi connectivity index (χ4n) is 8.84. The lowest BCUT2D eigenvalue weighted by molar-refractivity contribution is -0.147. The smallest absolute Gasteiger partial charge is 0.314 e. The lowest BCUT2D eigenvalue weighted by Crippen LogP contribution is -2.53. The van der Waals surface area contributed by atoms with Crippen LogP contribution < -0.4 is 5.32 Å².